The summed E-state index contributed by atoms with van der Waals surface area (Å²) in [6.07, 6.45) is -0.234. The summed E-state index contributed by atoms with van der Waals surface area (Å²) >= 11 is 0. The Balaban J connectivity index is 1.74. The number of Topliss-reactive ketones (excluding diaryl/α,β-unsaturated/α-hetero) is 1. The third-order valence-corrected chi connectivity index (χ3v) is 4.15. The van der Waals surface area contributed by atoms with Crippen LogP contribution in [-0.4, -0.2) is 36.7 Å². The molecule has 0 radical (unpaired) electrons. The number of halogens is 2. The van der Waals surface area contributed by atoms with Gasteiger partial charge in [-0.3, -0.25) is 19.2 Å². The zero-order chi connectivity index (χ0) is 23.0. The summed E-state index contributed by atoms with van der Waals surface area (Å²) in [5, 5.41) is 5.01. The van der Waals surface area contributed by atoms with Crippen molar-refractivity contribution >= 4 is 29.3 Å². The predicted molar refractivity (Wildman–Crippen MR) is 109 cm³/mol. The maximum Gasteiger partial charge on any atom is 0.308 e. The smallest absolute Gasteiger partial charge is 0.308 e. The predicted octanol–water partition coefficient (Wildman–Crippen LogP) is 3.11. The van der Waals surface area contributed by atoms with Gasteiger partial charge in [0.15, 0.2) is 12.4 Å². The maximum atomic E-state index is 13.5. The molecule has 0 aliphatic rings. The van der Waals surface area contributed by atoms with Gasteiger partial charge in [-0.2, -0.15) is 0 Å². The Morgan fingerprint density at radius 3 is 2.29 bits per heavy atom. The van der Waals surface area contributed by atoms with Crippen molar-refractivity contribution in [3.05, 3.63) is 65.2 Å². The molecule has 0 aliphatic heterocycles. The normalized spacial score (nSPS) is 10.5. The van der Waals surface area contributed by atoms with Gasteiger partial charge in [-0.25, -0.2) is 8.78 Å². The molecule has 31 heavy (non-hydrogen) atoms. The van der Waals surface area contributed by atoms with Gasteiger partial charge < -0.3 is 15.4 Å². The Morgan fingerprint density at radius 2 is 1.68 bits per heavy atom. The third kappa shape index (κ3) is 7.29. The average Bonchev–Trinajstić information content (AvgIpc) is 2.72. The molecular formula is C22H22F2N2O5. The fraction of sp³-hybridized carbons (Fsp3) is 0.273. The van der Waals surface area contributed by atoms with Gasteiger partial charge in [0.2, 0.25) is 5.91 Å². The first kappa shape index (κ1) is 23.7. The van der Waals surface area contributed by atoms with Crippen LogP contribution in [0, 0.1) is 17.6 Å². The summed E-state index contributed by atoms with van der Waals surface area (Å²) < 4.78 is 31.3. The van der Waals surface area contributed by atoms with Gasteiger partial charge >= 0.3 is 5.97 Å². The Labute approximate surface area is 177 Å². The number of carbonyl (C=O) groups is 4. The van der Waals surface area contributed by atoms with E-state index < -0.39 is 35.9 Å². The molecule has 164 valence electrons. The van der Waals surface area contributed by atoms with Crippen LogP contribution in [0.4, 0.5) is 14.5 Å². The molecule has 0 fully saturated rings. The van der Waals surface area contributed by atoms with E-state index in [1.165, 1.54) is 12.1 Å². The molecule has 0 atom stereocenters. The highest BCUT2D eigenvalue weighted by molar-refractivity contribution is 5.99. The lowest BCUT2D eigenvalue weighted by atomic mass is 10.1. The van der Waals surface area contributed by atoms with Crippen molar-refractivity contribution in [1.29, 1.82) is 0 Å². The van der Waals surface area contributed by atoms with Crippen LogP contribution in [-0.2, 0) is 14.3 Å². The SMILES string of the molecule is CC(C)C(=O)Nc1ccc(C(=O)COC(=O)CCNC(=O)c2ccc(F)cc2F)cc1. The average molecular weight is 432 g/mol. The van der Waals surface area contributed by atoms with Crippen LogP contribution in [0.25, 0.3) is 0 Å². The lowest BCUT2D eigenvalue weighted by Crippen LogP contribution is -2.27. The number of anilines is 1. The summed E-state index contributed by atoms with van der Waals surface area (Å²) in [4.78, 5) is 47.4. The molecule has 7 nitrogen and oxygen atoms in total. The van der Waals surface area contributed by atoms with Crippen molar-refractivity contribution in [2.45, 2.75) is 20.3 Å². The minimum absolute atomic E-state index is 0.146. The largest absolute Gasteiger partial charge is 0.457 e. The monoisotopic (exact) mass is 432 g/mol. The van der Waals surface area contributed by atoms with E-state index in [9.17, 15) is 28.0 Å². The Bertz CT molecular complexity index is 974. The number of esters is 1. The zero-order valence-corrected chi connectivity index (χ0v) is 17.0. The number of ether oxygens (including phenoxy) is 1. The second-order valence-electron chi connectivity index (χ2n) is 6.94. The van der Waals surface area contributed by atoms with Crippen molar-refractivity contribution in [1.82, 2.24) is 5.32 Å². The quantitative estimate of drug-likeness (QED) is 0.468. The van der Waals surface area contributed by atoms with E-state index in [0.29, 0.717) is 17.3 Å². The molecule has 2 aromatic carbocycles. The van der Waals surface area contributed by atoms with Crippen molar-refractivity contribution in [3.63, 3.8) is 0 Å². The van der Waals surface area contributed by atoms with Crippen LogP contribution in [0.5, 0.6) is 0 Å². The van der Waals surface area contributed by atoms with Gasteiger partial charge in [-0.05, 0) is 36.4 Å². The summed E-state index contributed by atoms with van der Waals surface area (Å²) in [5.41, 5.74) is 0.494. The van der Waals surface area contributed by atoms with Crippen LogP contribution < -0.4 is 10.6 Å². The number of amides is 2. The van der Waals surface area contributed by atoms with Crippen LogP contribution in [0.1, 0.15) is 41.0 Å². The molecule has 0 saturated carbocycles. The summed E-state index contributed by atoms with van der Waals surface area (Å²) in [5.74, 6) is -4.12. The molecule has 0 aliphatic carbocycles. The topological polar surface area (TPSA) is 102 Å². The second-order valence-corrected chi connectivity index (χ2v) is 6.94. The molecule has 0 saturated heterocycles. The molecule has 2 amide bonds. The Hall–Kier alpha value is -3.62. The van der Waals surface area contributed by atoms with Crippen molar-refractivity contribution in [2.24, 2.45) is 5.92 Å². The fourth-order valence-electron chi connectivity index (χ4n) is 2.37. The molecule has 0 heterocycles. The van der Waals surface area contributed by atoms with Gasteiger partial charge in [-0.15, -0.1) is 0 Å². The molecule has 2 aromatic rings. The second kappa shape index (κ2) is 11.0. The van der Waals surface area contributed by atoms with E-state index in [0.717, 1.165) is 12.1 Å². The lowest BCUT2D eigenvalue weighted by Gasteiger charge is -2.09. The summed E-state index contributed by atoms with van der Waals surface area (Å²) in [7, 11) is 0. The Morgan fingerprint density at radius 1 is 1.00 bits per heavy atom. The highest BCUT2D eigenvalue weighted by Crippen LogP contribution is 2.12. The first-order chi connectivity index (χ1) is 14.7. The third-order valence-electron chi connectivity index (χ3n) is 4.15. The number of ketones is 1. The molecular weight excluding hydrogens is 410 g/mol. The van der Waals surface area contributed by atoms with Crippen LogP contribution >= 0.6 is 0 Å². The van der Waals surface area contributed by atoms with Gasteiger partial charge in [0, 0.05) is 29.8 Å². The Kier molecular flexibility index (Phi) is 8.36. The summed E-state index contributed by atoms with van der Waals surface area (Å²) in [6.45, 7) is 2.88. The van der Waals surface area contributed by atoms with Gasteiger partial charge in [0.1, 0.15) is 11.6 Å². The highest BCUT2D eigenvalue weighted by atomic mass is 19.1. The van der Waals surface area contributed by atoms with Gasteiger partial charge in [0.25, 0.3) is 5.91 Å². The van der Waals surface area contributed by atoms with E-state index >= 15 is 0 Å². The zero-order valence-electron chi connectivity index (χ0n) is 17.0. The lowest BCUT2D eigenvalue weighted by molar-refractivity contribution is -0.142. The minimum atomic E-state index is -1.01. The van der Waals surface area contributed by atoms with Crippen molar-refractivity contribution < 1.29 is 32.7 Å². The highest BCUT2D eigenvalue weighted by Gasteiger charge is 2.14. The molecule has 0 spiro atoms. The number of hydrogen-bond donors (Lipinski definition) is 2. The van der Waals surface area contributed by atoms with E-state index in [1.807, 2.05) is 0 Å². The van der Waals surface area contributed by atoms with E-state index in [-0.39, 0.29) is 30.4 Å². The van der Waals surface area contributed by atoms with Crippen molar-refractivity contribution in [2.75, 3.05) is 18.5 Å². The standard InChI is InChI=1S/C22H22F2N2O5/c1-13(2)21(29)26-16-6-3-14(4-7-16)19(27)12-31-20(28)9-10-25-22(30)17-8-5-15(23)11-18(17)24/h3-8,11,13H,9-10,12H2,1-2H3,(H,25,30)(H,26,29). The fourth-order valence-corrected chi connectivity index (χ4v) is 2.37. The number of carbonyl (C=O) groups excluding carboxylic acids is 4. The first-order valence-electron chi connectivity index (χ1n) is 9.50. The number of hydrogen-bond acceptors (Lipinski definition) is 5. The first-order valence-corrected chi connectivity index (χ1v) is 9.50. The molecule has 0 unspecified atom stereocenters. The number of nitrogens with one attached hydrogen (secondary N) is 2. The van der Waals surface area contributed by atoms with E-state index in [4.69, 9.17) is 4.74 Å². The van der Waals surface area contributed by atoms with Crippen LogP contribution in [0.15, 0.2) is 42.5 Å². The van der Waals surface area contributed by atoms with E-state index in [1.54, 1.807) is 26.0 Å². The summed E-state index contributed by atoms with van der Waals surface area (Å²) in [6, 6.07) is 8.67. The maximum absolute atomic E-state index is 13.5. The molecule has 9 heteroatoms. The minimum Gasteiger partial charge on any atom is -0.457 e. The molecule has 0 aromatic heterocycles. The molecule has 0 bridgehead atoms. The number of rotatable bonds is 9. The molecule has 2 rings (SSSR count). The molecule has 2 N–H and O–H groups in total. The van der Waals surface area contributed by atoms with Gasteiger partial charge in [0.05, 0.1) is 12.0 Å². The van der Waals surface area contributed by atoms with Gasteiger partial charge in [-0.1, -0.05) is 13.8 Å². The number of benzene rings is 2. The van der Waals surface area contributed by atoms with Crippen LogP contribution in [0.3, 0.4) is 0 Å². The van der Waals surface area contributed by atoms with E-state index in [2.05, 4.69) is 10.6 Å². The van der Waals surface area contributed by atoms with Crippen LogP contribution in [0.2, 0.25) is 0 Å². The van der Waals surface area contributed by atoms with Crippen molar-refractivity contribution in [3.8, 4) is 0 Å².